The second-order valence-electron chi connectivity index (χ2n) is 5.20. The van der Waals surface area contributed by atoms with Crippen LogP contribution in [0.15, 0.2) is 18.2 Å². The fourth-order valence-corrected chi connectivity index (χ4v) is 1.71. The van der Waals surface area contributed by atoms with Gasteiger partial charge in [0.15, 0.2) is 11.6 Å². The third-order valence-corrected chi connectivity index (χ3v) is 2.79. The van der Waals surface area contributed by atoms with Crippen molar-refractivity contribution in [2.75, 3.05) is 7.11 Å². The van der Waals surface area contributed by atoms with Gasteiger partial charge in [-0.2, -0.15) is 0 Å². The van der Waals surface area contributed by atoms with Crippen LogP contribution in [0.3, 0.4) is 0 Å². The number of halogens is 1. The van der Waals surface area contributed by atoms with Gasteiger partial charge in [-0.3, -0.25) is 0 Å². The molecule has 4 heteroatoms. The fourth-order valence-electron chi connectivity index (χ4n) is 1.71. The minimum absolute atomic E-state index is 0.100. The van der Waals surface area contributed by atoms with E-state index in [0.717, 1.165) is 0 Å². The highest BCUT2D eigenvalue weighted by molar-refractivity contribution is 5.38. The molecule has 0 bridgehead atoms. The predicted molar refractivity (Wildman–Crippen MR) is 65.3 cm³/mol. The van der Waals surface area contributed by atoms with Crippen molar-refractivity contribution in [1.29, 1.82) is 0 Å². The maximum Gasteiger partial charge on any atom is 0.165 e. The van der Waals surface area contributed by atoms with E-state index >= 15 is 0 Å². The first kappa shape index (κ1) is 13.9. The molecule has 0 saturated heterocycles. The van der Waals surface area contributed by atoms with E-state index in [4.69, 9.17) is 10.5 Å². The molecule has 2 atom stereocenters. The van der Waals surface area contributed by atoms with Crippen LogP contribution in [0, 0.1) is 11.2 Å². The van der Waals surface area contributed by atoms with Crippen molar-refractivity contribution in [3.63, 3.8) is 0 Å². The molecule has 0 radical (unpaired) electrons. The van der Waals surface area contributed by atoms with Gasteiger partial charge in [0.05, 0.1) is 19.3 Å². The van der Waals surface area contributed by atoms with E-state index in [1.165, 1.54) is 13.2 Å². The predicted octanol–water partition coefficient (Wildman–Crippen LogP) is 2.24. The maximum absolute atomic E-state index is 13.5. The molecule has 0 aliphatic rings. The normalized spacial score (nSPS) is 15.5. The third kappa shape index (κ3) is 2.96. The largest absolute Gasteiger partial charge is 0.493 e. The minimum atomic E-state index is -0.779. The Morgan fingerprint density at radius 3 is 2.41 bits per heavy atom. The molecule has 1 rings (SSSR count). The molecule has 3 N–H and O–H groups in total. The summed E-state index contributed by atoms with van der Waals surface area (Å²) in [6.45, 7) is 5.63. The van der Waals surface area contributed by atoms with Crippen LogP contribution in [0.5, 0.6) is 5.75 Å². The number of rotatable bonds is 3. The van der Waals surface area contributed by atoms with E-state index < -0.39 is 18.0 Å². The Balaban J connectivity index is 3.12. The van der Waals surface area contributed by atoms with Gasteiger partial charge in [0.1, 0.15) is 0 Å². The van der Waals surface area contributed by atoms with Crippen LogP contribution in [0.4, 0.5) is 4.39 Å². The standard InChI is InChI=1S/C13H20FNO2/c1-13(2,3)12(16)10(15)8-6-5-7-9(14)11(8)17-4/h5-7,10,12,16H,15H2,1-4H3/t10-,12-/m0/s1. The number of benzene rings is 1. The molecule has 1 aromatic rings. The number of nitrogens with two attached hydrogens (primary N) is 1. The average molecular weight is 241 g/mol. The minimum Gasteiger partial charge on any atom is -0.493 e. The Morgan fingerprint density at radius 1 is 1.35 bits per heavy atom. The van der Waals surface area contributed by atoms with E-state index in [2.05, 4.69) is 0 Å². The molecule has 96 valence electrons. The fraction of sp³-hybridized carbons (Fsp3) is 0.538. The number of ether oxygens (including phenoxy) is 1. The number of aliphatic hydroxyl groups excluding tert-OH is 1. The Hall–Kier alpha value is -1.13. The smallest absolute Gasteiger partial charge is 0.165 e. The van der Waals surface area contributed by atoms with Crippen LogP contribution in [0.25, 0.3) is 0 Å². The summed E-state index contributed by atoms with van der Waals surface area (Å²) in [6.07, 6.45) is -0.779. The lowest BCUT2D eigenvalue weighted by Crippen LogP contribution is -2.37. The molecule has 0 aromatic heterocycles. The Kier molecular flexibility index (Phi) is 4.11. The molecular weight excluding hydrogens is 221 g/mol. The highest BCUT2D eigenvalue weighted by Crippen LogP contribution is 2.34. The van der Waals surface area contributed by atoms with E-state index in [-0.39, 0.29) is 11.2 Å². The molecule has 0 heterocycles. The lowest BCUT2D eigenvalue weighted by Gasteiger charge is -2.31. The first-order chi connectivity index (χ1) is 7.79. The summed E-state index contributed by atoms with van der Waals surface area (Å²) in [5.74, 6) is -0.371. The van der Waals surface area contributed by atoms with E-state index in [9.17, 15) is 9.50 Å². The first-order valence-corrected chi connectivity index (χ1v) is 5.55. The number of methoxy groups -OCH3 is 1. The molecule has 0 aliphatic carbocycles. The van der Waals surface area contributed by atoms with Crippen LogP contribution >= 0.6 is 0 Å². The molecule has 0 spiro atoms. The summed E-state index contributed by atoms with van der Waals surface area (Å²) in [5, 5.41) is 10.1. The van der Waals surface area contributed by atoms with Gasteiger partial charge in [0, 0.05) is 5.56 Å². The van der Waals surface area contributed by atoms with E-state index in [1.54, 1.807) is 12.1 Å². The average Bonchev–Trinajstić information content (AvgIpc) is 2.25. The quantitative estimate of drug-likeness (QED) is 0.853. The van der Waals surface area contributed by atoms with Crippen LogP contribution in [0.2, 0.25) is 0 Å². The van der Waals surface area contributed by atoms with Gasteiger partial charge in [-0.1, -0.05) is 32.9 Å². The number of hydrogen-bond acceptors (Lipinski definition) is 3. The first-order valence-electron chi connectivity index (χ1n) is 5.55. The SMILES string of the molecule is COc1c(F)cccc1[C@H](N)[C@H](O)C(C)(C)C. The zero-order chi connectivity index (χ0) is 13.2. The zero-order valence-corrected chi connectivity index (χ0v) is 10.7. The van der Waals surface area contributed by atoms with Crippen molar-refractivity contribution in [3.05, 3.63) is 29.6 Å². The number of para-hydroxylation sites is 1. The highest BCUT2D eigenvalue weighted by Gasteiger charge is 2.31. The van der Waals surface area contributed by atoms with Crippen LogP contribution in [0.1, 0.15) is 32.4 Å². The number of aliphatic hydroxyl groups is 1. The lowest BCUT2D eigenvalue weighted by atomic mass is 9.82. The van der Waals surface area contributed by atoms with Gasteiger partial charge >= 0.3 is 0 Å². The van der Waals surface area contributed by atoms with Crippen molar-refractivity contribution in [1.82, 2.24) is 0 Å². The lowest BCUT2D eigenvalue weighted by molar-refractivity contribution is 0.0393. The van der Waals surface area contributed by atoms with Gasteiger partial charge in [-0.05, 0) is 11.5 Å². The van der Waals surface area contributed by atoms with Gasteiger partial charge in [-0.25, -0.2) is 4.39 Å². The van der Waals surface area contributed by atoms with Crippen molar-refractivity contribution in [3.8, 4) is 5.75 Å². The molecular formula is C13H20FNO2. The van der Waals surface area contributed by atoms with Gasteiger partial charge in [0.25, 0.3) is 0 Å². The Labute approximate surface area is 101 Å². The van der Waals surface area contributed by atoms with Crippen LogP contribution < -0.4 is 10.5 Å². The van der Waals surface area contributed by atoms with Crippen molar-refractivity contribution < 1.29 is 14.2 Å². The second kappa shape index (κ2) is 5.02. The van der Waals surface area contributed by atoms with E-state index in [1.807, 2.05) is 20.8 Å². The summed E-state index contributed by atoms with van der Waals surface area (Å²) in [5.41, 5.74) is 6.08. The molecule has 1 aromatic carbocycles. The highest BCUT2D eigenvalue weighted by atomic mass is 19.1. The van der Waals surface area contributed by atoms with E-state index in [0.29, 0.717) is 5.56 Å². The summed E-state index contributed by atoms with van der Waals surface area (Å²) in [7, 11) is 1.39. The summed E-state index contributed by atoms with van der Waals surface area (Å²) in [4.78, 5) is 0. The molecule has 0 unspecified atom stereocenters. The molecule has 0 saturated carbocycles. The van der Waals surface area contributed by atoms with Crippen molar-refractivity contribution in [2.45, 2.75) is 32.9 Å². The third-order valence-electron chi connectivity index (χ3n) is 2.79. The monoisotopic (exact) mass is 241 g/mol. The topological polar surface area (TPSA) is 55.5 Å². The van der Waals surface area contributed by atoms with Crippen LogP contribution in [-0.2, 0) is 0 Å². The maximum atomic E-state index is 13.5. The molecule has 0 fully saturated rings. The van der Waals surface area contributed by atoms with Gasteiger partial charge in [-0.15, -0.1) is 0 Å². The summed E-state index contributed by atoms with van der Waals surface area (Å²) < 4.78 is 18.5. The summed E-state index contributed by atoms with van der Waals surface area (Å²) in [6, 6.07) is 3.85. The zero-order valence-electron chi connectivity index (χ0n) is 10.7. The summed E-state index contributed by atoms with van der Waals surface area (Å²) >= 11 is 0. The molecule has 3 nitrogen and oxygen atoms in total. The molecule has 17 heavy (non-hydrogen) atoms. The van der Waals surface area contributed by atoms with Gasteiger partial charge in [0.2, 0.25) is 0 Å². The van der Waals surface area contributed by atoms with Crippen LogP contribution in [-0.4, -0.2) is 18.3 Å². The van der Waals surface area contributed by atoms with Gasteiger partial charge < -0.3 is 15.6 Å². The van der Waals surface area contributed by atoms with Crippen molar-refractivity contribution >= 4 is 0 Å². The Bertz CT molecular complexity index is 387. The second-order valence-corrected chi connectivity index (χ2v) is 5.20. The molecule has 0 amide bonds. The van der Waals surface area contributed by atoms with Crippen molar-refractivity contribution in [2.24, 2.45) is 11.1 Å². The molecule has 0 aliphatic heterocycles. The number of hydrogen-bond donors (Lipinski definition) is 2. The Morgan fingerprint density at radius 2 is 1.94 bits per heavy atom.